The van der Waals surface area contributed by atoms with Crippen molar-refractivity contribution in [3.05, 3.63) is 52.2 Å². The van der Waals surface area contributed by atoms with Crippen molar-refractivity contribution < 1.29 is 19.1 Å². The molecule has 29 heavy (non-hydrogen) atoms. The predicted molar refractivity (Wildman–Crippen MR) is 112 cm³/mol. The first-order valence-electron chi connectivity index (χ1n) is 9.57. The SMILES string of the molecule is COC(=O)c1ccc(NC(=O)C(=O)NCC2CCN(Cc3cccs3)CC2)cc1. The summed E-state index contributed by atoms with van der Waals surface area (Å²) in [7, 11) is 1.30. The van der Waals surface area contributed by atoms with Crippen LogP contribution in [0.3, 0.4) is 0 Å². The third-order valence-corrected chi connectivity index (χ3v) is 5.85. The number of thiophene rings is 1. The second-order valence-corrected chi connectivity index (χ2v) is 8.06. The fraction of sp³-hybridized carbons (Fsp3) is 0.381. The van der Waals surface area contributed by atoms with Crippen molar-refractivity contribution in [2.45, 2.75) is 19.4 Å². The first-order chi connectivity index (χ1) is 14.0. The Bertz CT molecular complexity index is 828. The van der Waals surface area contributed by atoms with Gasteiger partial charge in [-0.3, -0.25) is 14.5 Å². The van der Waals surface area contributed by atoms with Crippen LogP contribution < -0.4 is 10.6 Å². The van der Waals surface area contributed by atoms with E-state index in [9.17, 15) is 14.4 Å². The van der Waals surface area contributed by atoms with Crippen LogP contribution in [-0.4, -0.2) is 49.4 Å². The molecule has 1 aliphatic heterocycles. The number of esters is 1. The Kier molecular flexibility index (Phi) is 7.37. The van der Waals surface area contributed by atoms with E-state index >= 15 is 0 Å². The Balaban J connectivity index is 1.38. The topological polar surface area (TPSA) is 87.7 Å². The fourth-order valence-corrected chi connectivity index (χ4v) is 4.03. The summed E-state index contributed by atoms with van der Waals surface area (Å²) in [5.41, 5.74) is 0.819. The van der Waals surface area contributed by atoms with Gasteiger partial charge in [0, 0.05) is 23.7 Å². The maximum atomic E-state index is 12.1. The van der Waals surface area contributed by atoms with Gasteiger partial charge < -0.3 is 15.4 Å². The van der Waals surface area contributed by atoms with Crippen molar-refractivity contribution in [3.63, 3.8) is 0 Å². The van der Waals surface area contributed by atoms with Crippen molar-refractivity contribution in [3.8, 4) is 0 Å². The predicted octanol–water partition coefficient (Wildman–Crippen LogP) is 2.50. The van der Waals surface area contributed by atoms with E-state index in [4.69, 9.17) is 0 Å². The Labute approximate surface area is 174 Å². The highest BCUT2D eigenvalue weighted by atomic mass is 32.1. The van der Waals surface area contributed by atoms with Crippen LogP contribution in [0.4, 0.5) is 5.69 Å². The lowest BCUT2D eigenvalue weighted by Gasteiger charge is -2.31. The molecule has 0 radical (unpaired) electrons. The fourth-order valence-electron chi connectivity index (χ4n) is 3.28. The van der Waals surface area contributed by atoms with Crippen LogP contribution in [0.15, 0.2) is 41.8 Å². The molecule has 0 saturated carbocycles. The lowest BCUT2D eigenvalue weighted by molar-refractivity contribution is -0.136. The van der Waals surface area contributed by atoms with Gasteiger partial charge >= 0.3 is 17.8 Å². The third-order valence-electron chi connectivity index (χ3n) is 4.99. The van der Waals surface area contributed by atoms with E-state index in [2.05, 4.69) is 37.8 Å². The zero-order chi connectivity index (χ0) is 20.6. The molecule has 1 aromatic heterocycles. The number of ether oxygens (including phenoxy) is 1. The maximum absolute atomic E-state index is 12.1. The Morgan fingerprint density at radius 2 is 1.83 bits per heavy atom. The van der Waals surface area contributed by atoms with Crippen LogP contribution in [0, 0.1) is 5.92 Å². The third kappa shape index (κ3) is 6.13. The average Bonchev–Trinajstić information content (AvgIpc) is 3.26. The van der Waals surface area contributed by atoms with Gasteiger partial charge in [-0.25, -0.2) is 4.79 Å². The highest BCUT2D eigenvalue weighted by Gasteiger charge is 2.21. The Hall–Kier alpha value is -2.71. The van der Waals surface area contributed by atoms with Crippen molar-refractivity contribution in [2.75, 3.05) is 32.1 Å². The number of likely N-dealkylation sites (tertiary alicyclic amines) is 1. The van der Waals surface area contributed by atoms with Gasteiger partial charge in [0.25, 0.3) is 0 Å². The van der Waals surface area contributed by atoms with Crippen LogP contribution in [0.2, 0.25) is 0 Å². The molecule has 1 saturated heterocycles. The smallest absolute Gasteiger partial charge is 0.337 e. The normalized spacial score (nSPS) is 14.9. The van der Waals surface area contributed by atoms with Gasteiger partial charge in [-0.2, -0.15) is 0 Å². The van der Waals surface area contributed by atoms with Gasteiger partial charge in [0.1, 0.15) is 0 Å². The van der Waals surface area contributed by atoms with E-state index in [1.807, 2.05) is 0 Å². The number of carbonyl (C=O) groups excluding carboxylic acids is 3. The number of anilines is 1. The molecule has 0 atom stereocenters. The van der Waals surface area contributed by atoms with Gasteiger partial charge in [0.05, 0.1) is 12.7 Å². The minimum atomic E-state index is -0.717. The van der Waals surface area contributed by atoms with E-state index in [-0.39, 0.29) is 0 Å². The summed E-state index contributed by atoms with van der Waals surface area (Å²) in [6.45, 7) is 3.47. The van der Waals surface area contributed by atoms with E-state index in [1.54, 1.807) is 23.5 Å². The number of piperidine rings is 1. The van der Waals surface area contributed by atoms with Crippen LogP contribution in [0.1, 0.15) is 28.1 Å². The largest absolute Gasteiger partial charge is 0.465 e. The van der Waals surface area contributed by atoms with Gasteiger partial charge in [-0.15, -0.1) is 11.3 Å². The molecule has 1 fully saturated rings. The van der Waals surface area contributed by atoms with Crippen LogP contribution in [-0.2, 0) is 20.9 Å². The standard InChI is InChI=1S/C21H25N3O4S/c1-28-21(27)16-4-6-17(7-5-16)23-20(26)19(25)22-13-15-8-10-24(11-9-15)14-18-3-2-12-29-18/h2-7,12,15H,8-11,13-14H2,1H3,(H,22,25)(H,23,26). The summed E-state index contributed by atoms with van der Waals surface area (Å²) in [4.78, 5) is 39.4. The van der Waals surface area contributed by atoms with Gasteiger partial charge in [0.2, 0.25) is 0 Å². The molecule has 3 rings (SSSR count). The van der Waals surface area contributed by atoms with E-state index in [1.165, 1.54) is 24.1 Å². The Morgan fingerprint density at radius 1 is 1.10 bits per heavy atom. The molecule has 2 amide bonds. The molecule has 0 bridgehead atoms. The van der Waals surface area contributed by atoms with E-state index in [0.29, 0.717) is 23.7 Å². The van der Waals surface area contributed by atoms with E-state index in [0.717, 1.165) is 32.5 Å². The second kappa shape index (κ2) is 10.2. The molecule has 0 spiro atoms. The summed E-state index contributed by atoms with van der Waals surface area (Å²) < 4.78 is 4.62. The van der Waals surface area contributed by atoms with Crippen molar-refractivity contribution in [2.24, 2.45) is 5.92 Å². The van der Waals surface area contributed by atoms with Gasteiger partial charge in [-0.1, -0.05) is 6.07 Å². The average molecular weight is 416 g/mol. The molecule has 8 heteroatoms. The minimum absolute atomic E-state index is 0.375. The highest BCUT2D eigenvalue weighted by molar-refractivity contribution is 7.09. The molecule has 7 nitrogen and oxygen atoms in total. The van der Waals surface area contributed by atoms with Crippen LogP contribution in [0.5, 0.6) is 0 Å². The molecule has 2 heterocycles. The van der Waals surface area contributed by atoms with Gasteiger partial charge in [-0.05, 0) is 67.6 Å². The molecule has 154 valence electrons. The number of amides is 2. The number of methoxy groups -OCH3 is 1. The summed E-state index contributed by atoms with van der Waals surface area (Å²) in [6.07, 6.45) is 2.00. The molecule has 2 aromatic rings. The lowest BCUT2D eigenvalue weighted by Crippen LogP contribution is -2.41. The second-order valence-electron chi connectivity index (χ2n) is 7.03. The quantitative estimate of drug-likeness (QED) is 0.559. The molecule has 1 aliphatic rings. The van der Waals surface area contributed by atoms with Crippen LogP contribution in [0.25, 0.3) is 0 Å². The Morgan fingerprint density at radius 3 is 2.45 bits per heavy atom. The van der Waals surface area contributed by atoms with Crippen LogP contribution >= 0.6 is 11.3 Å². The van der Waals surface area contributed by atoms with Crippen molar-refractivity contribution >= 4 is 34.8 Å². The zero-order valence-electron chi connectivity index (χ0n) is 16.3. The van der Waals surface area contributed by atoms with E-state index < -0.39 is 17.8 Å². The number of hydrogen-bond donors (Lipinski definition) is 2. The minimum Gasteiger partial charge on any atom is -0.465 e. The molecular weight excluding hydrogens is 390 g/mol. The monoisotopic (exact) mass is 415 g/mol. The number of nitrogens with one attached hydrogen (secondary N) is 2. The summed E-state index contributed by atoms with van der Waals surface area (Å²) in [5, 5.41) is 7.36. The first-order valence-corrected chi connectivity index (χ1v) is 10.5. The summed E-state index contributed by atoms with van der Waals surface area (Å²) in [6, 6.07) is 10.4. The molecule has 2 N–H and O–H groups in total. The zero-order valence-corrected chi connectivity index (χ0v) is 17.2. The lowest BCUT2D eigenvalue weighted by atomic mass is 9.97. The number of benzene rings is 1. The number of hydrogen-bond acceptors (Lipinski definition) is 6. The molecular formula is C21H25N3O4S. The summed E-state index contributed by atoms with van der Waals surface area (Å²) in [5.74, 6) is -1.44. The summed E-state index contributed by atoms with van der Waals surface area (Å²) >= 11 is 1.77. The molecule has 0 aliphatic carbocycles. The maximum Gasteiger partial charge on any atom is 0.337 e. The van der Waals surface area contributed by atoms with Crippen molar-refractivity contribution in [1.82, 2.24) is 10.2 Å². The number of rotatable bonds is 6. The molecule has 1 aromatic carbocycles. The number of nitrogens with zero attached hydrogens (tertiary/aromatic N) is 1. The highest BCUT2D eigenvalue weighted by Crippen LogP contribution is 2.20. The molecule has 0 unspecified atom stereocenters. The van der Waals surface area contributed by atoms with Crippen molar-refractivity contribution in [1.29, 1.82) is 0 Å². The number of carbonyl (C=O) groups is 3. The first kappa shape index (κ1) is 21.0. The van der Waals surface area contributed by atoms with Gasteiger partial charge in [0.15, 0.2) is 0 Å².